The van der Waals surface area contributed by atoms with Gasteiger partial charge in [-0.1, -0.05) is 66.7 Å². The summed E-state index contributed by atoms with van der Waals surface area (Å²) in [5.74, 6) is 1.69. The monoisotopic (exact) mass is 465 g/mol. The average Bonchev–Trinajstić information content (AvgIpc) is 3.27. The van der Waals surface area contributed by atoms with Crippen molar-refractivity contribution in [2.24, 2.45) is 0 Å². The van der Waals surface area contributed by atoms with Gasteiger partial charge in [-0.3, -0.25) is 4.79 Å². The Morgan fingerprint density at radius 2 is 1.86 bits per heavy atom. The summed E-state index contributed by atoms with van der Waals surface area (Å²) >= 11 is 0. The smallest absolute Gasteiger partial charge is 0.226 e. The van der Waals surface area contributed by atoms with Crippen LogP contribution in [0.15, 0.2) is 85.5 Å². The summed E-state index contributed by atoms with van der Waals surface area (Å²) in [5, 5.41) is 8.10. The van der Waals surface area contributed by atoms with Crippen molar-refractivity contribution < 1.29 is 14.3 Å². The second-order valence-corrected chi connectivity index (χ2v) is 8.54. The fourth-order valence-corrected chi connectivity index (χ4v) is 4.49. The molecule has 0 fully saturated rings. The van der Waals surface area contributed by atoms with Gasteiger partial charge in [0.15, 0.2) is 11.5 Å². The fourth-order valence-electron chi connectivity index (χ4n) is 4.49. The summed E-state index contributed by atoms with van der Waals surface area (Å²) in [6, 6.07) is 24.0. The Balaban J connectivity index is 1.69. The molecule has 5 rings (SSSR count). The van der Waals surface area contributed by atoms with E-state index in [1.54, 1.807) is 13.2 Å². The highest BCUT2D eigenvalue weighted by atomic mass is 16.5. The highest BCUT2D eigenvalue weighted by Gasteiger charge is 2.34. The lowest BCUT2D eigenvalue weighted by Crippen LogP contribution is -2.25. The van der Waals surface area contributed by atoms with E-state index in [-0.39, 0.29) is 11.8 Å². The summed E-state index contributed by atoms with van der Waals surface area (Å²) in [6.07, 6.45) is 2.00. The summed E-state index contributed by atoms with van der Waals surface area (Å²) in [4.78, 5) is 12.9. The van der Waals surface area contributed by atoms with Crippen LogP contribution in [0, 0.1) is 6.92 Å². The molecule has 176 valence electrons. The first-order valence-electron chi connectivity index (χ1n) is 11.6. The third kappa shape index (κ3) is 4.30. The maximum absolute atomic E-state index is 12.9. The Morgan fingerprint density at radius 3 is 2.57 bits per heavy atom. The van der Waals surface area contributed by atoms with Crippen molar-refractivity contribution in [3.8, 4) is 28.4 Å². The zero-order valence-corrected chi connectivity index (χ0v) is 19.8. The van der Waals surface area contributed by atoms with Crippen molar-refractivity contribution >= 4 is 11.7 Å². The van der Waals surface area contributed by atoms with Crippen LogP contribution in [0.2, 0.25) is 0 Å². The molecule has 3 aromatic carbocycles. The van der Waals surface area contributed by atoms with E-state index < -0.39 is 0 Å². The van der Waals surface area contributed by atoms with E-state index in [2.05, 4.69) is 11.9 Å². The molecule has 35 heavy (non-hydrogen) atoms. The Bertz CT molecular complexity index is 1370. The molecule has 0 saturated heterocycles. The van der Waals surface area contributed by atoms with E-state index in [0.29, 0.717) is 30.3 Å². The minimum absolute atomic E-state index is 0.0543. The number of fused-ring (bicyclic) bond motifs is 1. The van der Waals surface area contributed by atoms with Gasteiger partial charge in [0.1, 0.15) is 12.4 Å². The minimum atomic E-state index is -0.199. The van der Waals surface area contributed by atoms with Gasteiger partial charge in [-0.05, 0) is 36.8 Å². The van der Waals surface area contributed by atoms with Gasteiger partial charge < -0.3 is 14.8 Å². The van der Waals surface area contributed by atoms with Crippen molar-refractivity contribution in [2.75, 3.05) is 19.0 Å². The number of rotatable bonds is 7. The number of hydrogen-bond acceptors (Lipinski definition) is 4. The van der Waals surface area contributed by atoms with E-state index in [1.807, 2.05) is 84.4 Å². The number of nitrogens with zero attached hydrogens (tertiary/aromatic N) is 2. The molecule has 0 radical (unpaired) electrons. The predicted octanol–water partition coefficient (Wildman–Crippen LogP) is 5.90. The molecule has 0 aliphatic carbocycles. The Labute approximate surface area is 204 Å². The third-order valence-electron chi connectivity index (χ3n) is 6.19. The molecule has 4 aromatic rings. The predicted molar refractivity (Wildman–Crippen MR) is 138 cm³/mol. The lowest BCUT2D eigenvalue weighted by molar-refractivity contribution is -0.116. The molecule has 6 nitrogen and oxygen atoms in total. The third-order valence-corrected chi connectivity index (χ3v) is 6.19. The van der Waals surface area contributed by atoms with Crippen molar-refractivity contribution in [3.05, 3.63) is 102 Å². The molecule has 1 atom stereocenters. The summed E-state index contributed by atoms with van der Waals surface area (Å²) in [6.45, 7) is 6.14. The van der Waals surface area contributed by atoms with Crippen molar-refractivity contribution in [1.29, 1.82) is 0 Å². The molecule has 1 N–H and O–H groups in total. The van der Waals surface area contributed by atoms with Crippen LogP contribution in [0.3, 0.4) is 0 Å². The topological polar surface area (TPSA) is 65.4 Å². The first-order chi connectivity index (χ1) is 17.1. The number of carbonyl (C=O) groups is 1. The molecular weight excluding hydrogens is 438 g/mol. The van der Waals surface area contributed by atoms with Crippen LogP contribution in [0.4, 0.5) is 5.82 Å². The number of anilines is 1. The molecule has 0 unspecified atom stereocenters. The molecule has 0 spiro atoms. The van der Waals surface area contributed by atoms with Gasteiger partial charge in [0.25, 0.3) is 0 Å². The SMILES string of the molecule is C=CCOc1ccc([C@@H]2CC(=O)Nc3c2c(-c2ccccc2)nn3-c2ccc(C)cc2)cc1OC. The van der Waals surface area contributed by atoms with E-state index in [1.165, 1.54) is 0 Å². The van der Waals surface area contributed by atoms with Gasteiger partial charge in [-0.15, -0.1) is 0 Å². The second-order valence-electron chi connectivity index (χ2n) is 8.54. The van der Waals surface area contributed by atoms with Gasteiger partial charge in [-0.2, -0.15) is 5.10 Å². The number of ether oxygens (including phenoxy) is 2. The zero-order chi connectivity index (χ0) is 24.4. The normalized spacial score (nSPS) is 14.7. The first kappa shape index (κ1) is 22.5. The van der Waals surface area contributed by atoms with Gasteiger partial charge in [0.05, 0.1) is 18.5 Å². The molecule has 6 heteroatoms. The van der Waals surface area contributed by atoms with Crippen LogP contribution in [-0.2, 0) is 4.79 Å². The molecule has 1 aliphatic heterocycles. The largest absolute Gasteiger partial charge is 0.493 e. The fraction of sp³-hybridized carbons (Fsp3) is 0.172. The summed E-state index contributed by atoms with van der Waals surface area (Å²) in [7, 11) is 1.61. The van der Waals surface area contributed by atoms with Crippen LogP contribution in [0.25, 0.3) is 16.9 Å². The number of methoxy groups -OCH3 is 1. The number of nitrogens with one attached hydrogen (secondary N) is 1. The average molecular weight is 466 g/mol. The van der Waals surface area contributed by atoms with Gasteiger partial charge in [0.2, 0.25) is 5.91 Å². The van der Waals surface area contributed by atoms with Crippen molar-refractivity contribution in [3.63, 3.8) is 0 Å². The molecule has 2 heterocycles. The van der Waals surface area contributed by atoms with Crippen LogP contribution < -0.4 is 14.8 Å². The molecule has 1 aliphatic rings. The second kappa shape index (κ2) is 9.50. The maximum Gasteiger partial charge on any atom is 0.226 e. The number of hydrogen-bond donors (Lipinski definition) is 1. The van der Waals surface area contributed by atoms with Crippen LogP contribution in [0.5, 0.6) is 11.5 Å². The van der Waals surface area contributed by atoms with Crippen molar-refractivity contribution in [1.82, 2.24) is 9.78 Å². The molecule has 0 saturated carbocycles. The zero-order valence-electron chi connectivity index (χ0n) is 19.8. The maximum atomic E-state index is 12.9. The molecule has 1 aromatic heterocycles. The quantitative estimate of drug-likeness (QED) is 0.345. The lowest BCUT2D eigenvalue weighted by atomic mass is 9.84. The van der Waals surface area contributed by atoms with Gasteiger partial charge in [0, 0.05) is 23.5 Å². The van der Waals surface area contributed by atoms with Crippen LogP contribution >= 0.6 is 0 Å². The van der Waals surface area contributed by atoms with E-state index in [9.17, 15) is 4.79 Å². The highest BCUT2D eigenvalue weighted by Crippen LogP contribution is 2.45. The number of aryl methyl sites for hydroxylation is 1. The molecular formula is C29H27N3O3. The van der Waals surface area contributed by atoms with Crippen LogP contribution in [-0.4, -0.2) is 29.4 Å². The summed E-state index contributed by atoms with van der Waals surface area (Å²) < 4.78 is 13.2. The van der Waals surface area contributed by atoms with Gasteiger partial charge >= 0.3 is 0 Å². The lowest BCUT2D eigenvalue weighted by Gasteiger charge is -2.25. The number of aromatic nitrogens is 2. The van der Waals surface area contributed by atoms with E-state index in [0.717, 1.165) is 33.6 Å². The highest BCUT2D eigenvalue weighted by molar-refractivity contribution is 5.96. The Hall–Kier alpha value is -4.32. The summed E-state index contributed by atoms with van der Waals surface area (Å²) in [5.41, 5.74) is 5.83. The number of amides is 1. The standard InChI is InChI=1S/C29H27N3O3/c1-4-16-35-24-15-12-21(17-25(24)34-3)23-18-26(33)30-29-27(23)28(20-8-6-5-7-9-20)31-32(29)22-13-10-19(2)11-14-22/h4-15,17,23H,1,16,18H2,2-3H3,(H,30,33)/t23-/m0/s1. The van der Waals surface area contributed by atoms with Crippen molar-refractivity contribution in [2.45, 2.75) is 19.3 Å². The number of benzene rings is 3. The van der Waals surface area contributed by atoms with E-state index in [4.69, 9.17) is 14.6 Å². The molecule has 1 amide bonds. The Kier molecular flexibility index (Phi) is 6.10. The molecule has 0 bridgehead atoms. The minimum Gasteiger partial charge on any atom is -0.493 e. The van der Waals surface area contributed by atoms with Gasteiger partial charge in [-0.25, -0.2) is 4.68 Å². The Morgan fingerprint density at radius 1 is 1.09 bits per heavy atom. The first-order valence-corrected chi connectivity index (χ1v) is 11.6. The number of carbonyl (C=O) groups excluding carboxylic acids is 1. The van der Waals surface area contributed by atoms with E-state index >= 15 is 0 Å². The van der Waals surface area contributed by atoms with Crippen LogP contribution in [0.1, 0.15) is 29.0 Å².